The molecule has 0 radical (unpaired) electrons. The first-order chi connectivity index (χ1) is 7.53. The number of aromatic nitrogens is 2. The Labute approximate surface area is 98.5 Å². The molecule has 16 heavy (non-hydrogen) atoms. The van der Waals surface area contributed by atoms with E-state index in [0.29, 0.717) is 0 Å². The van der Waals surface area contributed by atoms with Gasteiger partial charge < -0.3 is 9.47 Å². The van der Waals surface area contributed by atoms with Crippen molar-refractivity contribution in [2.75, 3.05) is 25.9 Å². The number of rotatable bonds is 5. The number of methoxy groups -OCH3 is 2. The van der Waals surface area contributed by atoms with Gasteiger partial charge in [0.15, 0.2) is 0 Å². The minimum Gasteiger partial charge on any atom is -0.481 e. The Balaban J connectivity index is 3.23. The summed E-state index contributed by atoms with van der Waals surface area (Å²) in [5.74, 6) is -0.00388. The van der Waals surface area contributed by atoms with Crippen LogP contribution >= 0.6 is 11.6 Å². The number of ether oxygens (including phenoxy) is 2. The second-order valence-corrected chi connectivity index (χ2v) is 5.12. The molecule has 6 nitrogen and oxygen atoms in total. The fraction of sp³-hybridized carbons (Fsp3) is 0.500. The Hall–Kier alpha value is -1.08. The van der Waals surface area contributed by atoms with Crippen LogP contribution in [0.5, 0.6) is 11.8 Å². The third-order valence-corrected chi connectivity index (χ3v) is 3.59. The lowest BCUT2D eigenvalue weighted by atomic mass is 10.6. The number of hydrogen-bond donors (Lipinski definition) is 0. The lowest BCUT2D eigenvalue weighted by molar-refractivity contribution is 0.362. The number of alkyl halides is 1. The predicted molar refractivity (Wildman–Crippen MR) is 57.9 cm³/mol. The lowest BCUT2D eigenvalue weighted by Crippen LogP contribution is -2.13. The maximum atomic E-state index is 11.6. The van der Waals surface area contributed by atoms with Crippen molar-refractivity contribution in [2.24, 2.45) is 0 Å². The zero-order chi connectivity index (χ0) is 12.2. The van der Waals surface area contributed by atoms with E-state index in [9.17, 15) is 8.42 Å². The van der Waals surface area contributed by atoms with Crippen LogP contribution in [0, 0.1) is 0 Å². The van der Waals surface area contributed by atoms with E-state index in [0.717, 1.165) is 0 Å². The molecule has 0 saturated carbocycles. The zero-order valence-electron chi connectivity index (χ0n) is 8.81. The molecule has 0 unspecified atom stereocenters. The highest BCUT2D eigenvalue weighted by Crippen LogP contribution is 2.18. The van der Waals surface area contributed by atoms with Gasteiger partial charge in [0, 0.05) is 5.88 Å². The topological polar surface area (TPSA) is 78.4 Å². The smallest absolute Gasteiger partial charge is 0.253 e. The summed E-state index contributed by atoms with van der Waals surface area (Å²) in [5, 5.41) is -0.343. The Bertz CT molecular complexity index is 441. The largest absolute Gasteiger partial charge is 0.481 e. The standard InChI is InChI=1S/C8H11ClN2O4S/c1-14-6-5-7(15-2)11-8(10-6)16(12,13)4-3-9/h5H,3-4H2,1-2H3. The molecule has 0 amide bonds. The Morgan fingerprint density at radius 3 is 2.12 bits per heavy atom. The molecule has 0 bridgehead atoms. The van der Waals surface area contributed by atoms with Gasteiger partial charge in [-0.25, -0.2) is 8.42 Å². The van der Waals surface area contributed by atoms with Crippen molar-refractivity contribution in [3.63, 3.8) is 0 Å². The lowest BCUT2D eigenvalue weighted by Gasteiger charge is -2.05. The molecule has 0 aliphatic rings. The molecule has 1 rings (SSSR count). The average molecular weight is 267 g/mol. The van der Waals surface area contributed by atoms with Gasteiger partial charge >= 0.3 is 0 Å². The van der Waals surface area contributed by atoms with Crippen LogP contribution in [0.25, 0.3) is 0 Å². The molecular formula is C8H11ClN2O4S. The molecule has 8 heteroatoms. The second kappa shape index (κ2) is 5.31. The molecule has 90 valence electrons. The molecular weight excluding hydrogens is 256 g/mol. The summed E-state index contributed by atoms with van der Waals surface area (Å²) in [6.07, 6.45) is 0. The monoisotopic (exact) mass is 266 g/mol. The second-order valence-electron chi connectivity index (χ2n) is 2.74. The fourth-order valence-electron chi connectivity index (χ4n) is 0.925. The van der Waals surface area contributed by atoms with Crippen LogP contribution in [0.1, 0.15) is 0 Å². The van der Waals surface area contributed by atoms with E-state index in [-0.39, 0.29) is 28.5 Å². The molecule has 1 aromatic rings. The van der Waals surface area contributed by atoms with Crippen molar-refractivity contribution in [1.29, 1.82) is 0 Å². The molecule has 0 N–H and O–H groups in total. The van der Waals surface area contributed by atoms with Crippen molar-refractivity contribution in [3.8, 4) is 11.8 Å². The number of halogens is 1. The van der Waals surface area contributed by atoms with Crippen LogP contribution in [0.3, 0.4) is 0 Å². The highest BCUT2D eigenvalue weighted by molar-refractivity contribution is 7.91. The van der Waals surface area contributed by atoms with Crippen LogP contribution < -0.4 is 9.47 Å². The van der Waals surface area contributed by atoms with Gasteiger partial charge in [-0.1, -0.05) is 0 Å². The van der Waals surface area contributed by atoms with Crippen molar-refractivity contribution < 1.29 is 17.9 Å². The van der Waals surface area contributed by atoms with E-state index in [2.05, 4.69) is 9.97 Å². The molecule has 0 saturated heterocycles. The van der Waals surface area contributed by atoms with Crippen LogP contribution in [0.4, 0.5) is 0 Å². The fourth-order valence-corrected chi connectivity index (χ4v) is 2.38. The minimum atomic E-state index is -3.59. The predicted octanol–water partition coefficient (Wildman–Crippen LogP) is 0.506. The van der Waals surface area contributed by atoms with E-state index in [1.807, 2.05) is 0 Å². The molecule has 0 aliphatic carbocycles. The van der Waals surface area contributed by atoms with Crippen molar-refractivity contribution in [3.05, 3.63) is 6.07 Å². The number of hydrogen-bond acceptors (Lipinski definition) is 6. The van der Waals surface area contributed by atoms with E-state index < -0.39 is 9.84 Å². The Morgan fingerprint density at radius 1 is 1.25 bits per heavy atom. The summed E-state index contributed by atoms with van der Waals surface area (Å²) >= 11 is 5.39. The van der Waals surface area contributed by atoms with E-state index >= 15 is 0 Å². The van der Waals surface area contributed by atoms with Crippen LogP contribution in [0.15, 0.2) is 11.2 Å². The summed E-state index contributed by atoms with van der Waals surface area (Å²) in [7, 11) is -0.840. The highest BCUT2D eigenvalue weighted by Gasteiger charge is 2.19. The third kappa shape index (κ3) is 2.96. The van der Waals surface area contributed by atoms with Gasteiger partial charge in [-0.2, -0.15) is 9.97 Å². The van der Waals surface area contributed by atoms with Crippen LogP contribution in [0.2, 0.25) is 0 Å². The molecule has 0 fully saturated rings. The molecule has 1 aromatic heterocycles. The first-order valence-corrected chi connectivity index (χ1v) is 6.48. The summed E-state index contributed by atoms with van der Waals surface area (Å²) in [5.41, 5.74) is 0. The quantitative estimate of drug-likeness (QED) is 0.571. The summed E-state index contributed by atoms with van der Waals surface area (Å²) in [4.78, 5) is 7.46. The number of nitrogens with zero attached hydrogens (tertiary/aromatic N) is 2. The molecule has 0 aliphatic heterocycles. The van der Waals surface area contributed by atoms with Gasteiger partial charge in [0.05, 0.1) is 26.0 Å². The highest BCUT2D eigenvalue weighted by atomic mass is 35.5. The van der Waals surface area contributed by atoms with Gasteiger partial charge in [0.2, 0.25) is 21.6 Å². The molecule has 0 atom stereocenters. The molecule has 1 heterocycles. The SMILES string of the molecule is COc1cc(OC)nc(S(=O)(=O)CCCl)n1. The van der Waals surface area contributed by atoms with Gasteiger partial charge in [-0.3, -0.25) is 0 Å². The Morgan fingerprint density at radius 2 is 1.75 bits per heavy atom. The van der Waals surface area contributed by atoms with E-state index in [1.54, 1.807) is 0 Å². The van der Waals surface area contributed by atoms with Crippen LogP contribution in [-0.2, 0) is 9.84 Å². The maximum absolute atomic E-state index is 11.6. The third-order valence-electron chi connectivity index (χ3n) is 1.70. The Kier molecular flexibility index (Phi) is 4.31. The first kappa shape index (κ1) is 13.0. The first-order valence-electron chi connectivity index (χ1n) is 4.29. The van der Waals surface area contributed by atoms with Gasteiger partial charge in [-0.15, -0.1) is 11.6 Å². The summed E-state index contributed by atoms with van der Waals surface area (Å²) < 4.78 is 33.0. The van der Waals surface area contributed by atoms with E-state index in [4.69, 9.17) is 21.1 Å². The van der Waals surface area contributed by atoms with Gasteiger partial charge in [0.25, 0.3) is 5.16 Å². The van der Waals surface area contributed by atoms with Crippen molar-refractivity contribution in [1.82, 2.24) is 9.97 Å². The molecule has 0 aromatic carbocycles. The minimum absolute atomic E-state index is 0.0226. The van der Waals surface area contributed by atoms with Crippen molar-refractivity contribution >= 4 is 21.4 Å². The normalized spacial score (nSPS) is 11.2. The maximum Gasteiger partial charge on any atom is 0.253 e. The van der Waals surface area contributed by atoms with Gasteiger partial charge in [0.1, 0.15) is 0 Å². The zero-order valence-corrected chi connectivity index (χ0v) is 10.4. The summed E-state index contributed by atoms with van der Waals surface area (Å²) in [6, 6.07) is 1.39. The average Bonchev–Trinajstić information content (AvgIpc) is 2.28. The summed E-state index contributed by atoms with van der Waals surface area (Å²) in [6.45, 7) is 0. The van der Waals surface area contributed by atoms with Gasteiger partial charge in [-0.05, 0) is 0 Å². The van der Waals surface area contributed by atoms with Crippen molar-refractivity contribution in [2.45, 2.75) is 5.16 Å². The number of sulfone groups is 1. The molecule has 0 spiro atoms. The van der Waals surface area contributed by atoms with Crippen LogP contribution in [-0.4, -0.2) is 44.2 Å². The van der Waals surface area contributed by atoms with E-state index in [1.165, 1.54) is 20.3 Å².